The van der Waals surface area contributed by atoms with Gasteiger partial charge in [0.1, 0.15) is 5.75 Å². The van der Waals surface area contributed by atoms with Gasteiger partial charge in [-0.3, -0.25) is 4.79 Å². The molecule has 21 heavy (non-hydrogen) atoms. The van der Waals surface area contributed by atoms with Crippen LogP contribution < -0.4 is 15.0 Å². The molecule has 1 saturated heterocycles. The highest BCUT2D eigenvalue weighted by molar-refractivity contribution is 5.69. The van der Waals surface area contributed by atoms with Crippen LogP contribution in [-0.2, 0) is 11.3 Å². The summed E-state index contributed by atoms with van der Waals surface area (Å²) in [6.45, 7) is 5.28. The molecule has 0 spiro atoms. The molecular formula is C16H24N2O3. The van der Waals surface area contributed by atoms with Gasteiger partial charge in [0, 0.05) is 19.6 Å². The molecule has 1 aliphatic heterocycles. The third-order valence-electron chi connectivity index (χ3n) is 3.63. The zero-order valence-corrected chi connectivity index (χ0v) is 12.6. The van der Waals surface area contributed by atoms with Crippen LogP contribution in [0.2, 0.25) is 0 Å². The molecule has 1 aliphatic rings. The van der Waals surface area contributed by atoms with E-state index in [1.165, 1.54) is 19.3 Å². The van der Waals surface area contributed by atoms with Gasteiger partial charge in [0.05, 0.1) is 18.8 Å². The molecule has 0 radical (unpaired) electrons. The van der Waals surface area contributed by atoms with Gasteiger partial charge in [-0.05, 0) is 43.9 Å². The zero-order chi connectivity index (χ0) is 15.1. The number of hydrogen-bond donors (Lipinski definition) is 2. The average molecular weight is 292 g/mol. The minimum absolute atomic E-state index is 0.0299. The van der Waals surface area contributed by atoms with E-state index in [1.807, 2.05) is 19.1 Å². The van der Waals surface area contributed by atoms with Crippen LogP contribution in [0.1, 0.15) is 31.7 Å². The summed E-state index contributed by atoms with van der Waals surface area (Å²) >= 11 is 0. The Hall–Kier alpha value is -1.75. The Balaban J connectivity index is 2.08. The molecular weight excluding hydrogens is 268 g/mol. The van der Waals surface area contributed by atoms with Crippen LogP contribution >= 0.6 is 0 Å². The van der Waals surface area contributed by atoms with Crippen LogP contribution in [0.3, 0.4) is 0 Å². The predicted molar refractivity (Wildman–Crippen MR) is 83.0 cm³/mol. The van der Waals surface area contributed by atoms with Gasteiger partial charge in [-0.1, -0.05) is 6.07 Å². The van der Waals surface area contributed by atoms with E-state index >= 15 is 0 Å². The number of ether oxygens (including phenoxy) is 1. The number of nitrogens with one attached hydrogen (secondary N) is 1. The molecule has 2 rings (SSSR count). The minimum Gasteiger partial charge on any atom is -0.492 e. The van der Waals surface area contributed by atoms with Crippen molar-refractivity contribution < 1.29 is 14.6 Å². The normalized spacial score (nSPS) is 15.0. The van der Waals surface area contributed by atoms with E-state index in [2.05, 4.69) is 16.3 Å². The molecule has 0 bridgehead atoms. The van der Waals surface area contributed by atoms with Gasteiger partial charge < -0.3 is 20.1 Å². The van der Waals surface area contributed by atoms with E-state index in [4.69, 9.17) is 9.84 Å². The van der Waals surface area contributed by atoms with Crippen molar-refractivity contribution >= 4 is 11.7 Å². The Morgan fingerprint density at radius 1 is 1.33 bits per heavy atom. The number of rotatable bonds is 7. The first kappa shape index (κ1) is 15.6. The molecule has 0 aliphatic carbocycles. The Bertz CT molecular complexity index is 471. The third kappa shape index (κ3) is 4.63. The lowest BCUT2D eigenvalue weighted by Crippen LogP contribution is -2.29. The molecule has 5 heteroatoms. The van der Waals surface area contributed by atoms with E-state index < -0.39 is 5.97 Å². The van der Waals surface area contributed by atoms with Crippen LogP contribution in [0.4, 0.5) is 5.69 Å². The Kier molecular flexibility index (Phi) is 5.87. The maximum Gasteiger partial charge on any atom is 0.317 e. The smallest absolute Gasteiger partial charge is 0.317 e. The summed E-state index contributed by atoms with van der Waals surface area (Å²) in [4.78, 5) is 12.9. The molecule has 1 fully saturated rings. The van der Waals surface area contributed by atoms with E-state index in [-0.39, 0.29) is 6.54 Å². The lowest BCUT2D eigenvalue weighted by Gasteiger charge is -2.30. The summed E-state index contributed by atoms with van der Waals surface area (Å²) < 4.78 is 5.77. The van der Waals surface area contributed by atoms with Crippen molar-refractivity contribution in [1.29, 1.82) is 0 Å². The van der Waals surface area contributed by atoms with Crippen LogP contribution in [0, 0.1) is 0 Å². The number of carboxylic acid groups (broad SMARTS) is 1. The predicted octanol–water partition coefficient (Wildman–Crippen LogP) is 2.25. The summed E-state index contributed by atoms with van der Waals surface area (Å²) in [5.41, 5.74) is 2.19. The van der Waals surface area contributed by atoms with E-state index in [0.717, 1.165) is 30.1 Å². The summed E-state index contributed by atoms with van der Waals surface area (Å²) in [7, 11) is 0. The summed E-state index contributed by atoms with van der Waals surface area (Å²) in [5.74, 6) is 0.0546. The van der Waals surface area contributed by atoms with Crippen LogP contribution in [0.5, 0.6) is 5.75 Å². The lowest BCUT2D eigenvalue weighted by molar-refractivity contribution is -0.135. The molecule has 116 valence electrons. The van der Waals surface area contributed by atoms with E-state index in [9.17, 15) is 4.79 Å². The SMILES string of the molecule is CCOc1cc(CNCC(=O)O)ccc1N1CCCCC1. The number of aliphatic carboxylic acids is 1. The number of carbonyl (C=O) groups is 1. The third-order valence-corrected chi connectivity index (χ3v) is 3.63. The standard InChI is InChI=1S/C16H24N2O3/c1-2-21-15-10-13(11-17-12-16(19)20)6-7-14(15)18-8-4-3-5-9-18/h6-7,10,17H,2-5,8-9,11-12H2,1H3,(H,19,20). The average Bonchev–Trinajstić information content (AvgIpc) is 2.48. The maximum atomic E-state index is 10.5. The molecule has 0 saturated carbocycles. The van der Waals surface area contributed by atoms with Crippen LogP contribution in [0.15, 0.2) is 18.2 Å². The minimum atomic E-state index is -0.843. The number of nitrogens with zero attached hydrogens (tertiary/aromatic N) is 1. The second-order valence-corrected chi connectivity index (χ2v) is 5.28. The van der Waals surface area contributed by atoms with Crippen molar-refractivity contribution in [2.24, 2.45) is 0 Å². The van der Waals surface area contributed by atoms with Gasteiger partial charge in [-0.15, -0.1) is 0 Å². The van der Waals surface area contributed by atoms with Gasteiger partial charge >= 0.3 is 5.97 Å². The van der Waals surface area contributed by atoms with Crippen molar-refractivity contribution in [2.75, 3.05) is 31.1 Å². The molecule has 0 unspecified atom stereocenters. The van der Waals surface area contributed by atoms with Crippen molar-refractivity contribution in [2.45, 2.75) is 32.7 Å². The number of piperidine rings is 1. The first-order valence-corrected chi connectivity index (χ1v) is 7.64. The Morgan fingerprint density at radius 2 is 2.10 bits per heavy atom. The van der Waals surface area contributed by atoms with E-state index in [1.54, 1.807) is 0 Å². The lowest BCUT2D eigenvalue weighted by atomic mass is 10.1. The second-order valence-electron chi connectivity index (χ2n) is 5.28. The summed E-state index contributed by atoms with van der Waals surface area (Å²) in [6, 6.07) is 6.15. The van der Waals surface area contributed by atoms with Crippen molar-refractivity contribution in [3.05, 3.63) is 23.8 Å². The number of benzene rings is 1. The van der Waals surface area contributed by atoms with Gasteiger partial charge in [0.25, 0.3) is 0 Å². The highest BCUT2D eigenvalue weighted by atomic mass is 16.5. The van der Waals surface area contributed by atoms with Gasteiger partial charge in [-0.2, -0.15) is 0 Å². The Labute approximate surface area is 125 Å². The fraction of sp³-hybridized carbons (Fsp3) is 0.562. The second kappa shape index (κ2) is 7.88. The molecule has 0 aromatic heterocycles. The molecule has 5 nitrogen and oxygen atoms in total. The van der Waals surface area contributed by atoms with Crippen molar-refractivity contribution in [3.63, 3.8) is 0 Å². The number of hydrogen-bond acceptors (Lipinski definition) is 4. The molecule has 1 heterocycles. The molecule has 0 amide bonds. The monoisotopic (exact) mass is 292 g/mol. The van der Waals surface area contributed by atoms with Crippen molar-refractivity contribution in [1.82, 2.24) is 5.32 Å². The topological polar surface area (TPSA) is 61.8 Å². The molecule has 0 atom stereocenters. The number of anilines is 1. The fourth-order valence-electron chi connectivity index (χ4n) is 2.65. The fourth-order valence-corrected chi connectivity index (χ4v) is 2.65. The first-order valence-electron chi connectivity index (χ1n) is 7.64. The Morgan fingerprint density at radius 3 is 2.76 bits per heavy atom. The molecule has 1 aromatic carbocycles. The van der Waals surface area contributed by atoms with Crippen LogP contribution in [-0.4, -0.2) is 37.3 Å². The van der Waals surface area contributed by atoms with Gasteiger partial charge in [0.2, 0.25) is 0 Å². The first-order chi connectivity index (χ1) is 10.2. The largest absolute Gasteiger partial charge is 0.492 e. The highest BCUT2D eigenvalue weighted by Gasteiger charge is 2.15. The van der Waals surface area contributed by atoms with Crippen molar-refractivity contribution in [3.8, 4) is 5.75 Å². The number of carboxylic acids is 1. The highest BCUT2D eigenvalue weighted by Crippen LogP contribution is 2.31. The molecule has 2 N–H and O–H groups in total. The van der Waals surface area contributed by atoms with Gasteiger partial charge in [-0.25, -0.2) is 0 Å². The molecule has 1 aromatic rings. The van der Waals surface area contributed by atoms with Crippen LogP contribution in [0.25, 0.3) is 0 Å². The van der Waals surface area contributed by atoms with Gasteiger partial charge in [0.15, 0.2) is 0 Å². The van der Waals surface area contributed by atoms with E-state index in [0.29, 0.717) is 13.2 Å². The zero-order valence-electron chi connectivity index (χ0n) is 12.6. The summed E-state index contributed by atoms with van der Waals surface area (Å²) in [6.07, 6.45) is 3.76. The quantitative estimate of drug-likeness (QED) is 0.807. The maximum absolute atomic E-state index is 10.5. The summed E-state index contributed by atoms with van der Waals surface area (Å²) in [5, 5.41) is 11.6.